The zero-order valence-corrected chi connectivity index (χ0v) is 14.4. The van der Waals surface area contributed by atoms with Crippen LogP contribution >= 0.6 is 0 Å². The topological polar surface area (TPSA) is 55.4 Å². The van der Waals surface area contributed by atoms with Crippen molar-refractivity contribution in [2.75, 3.05) is 13.2 Å². The van der Waals surface area contributed by atoms with Crippen molar-refractivity contribution < 1.29 is 14.3 Å². The van der Waals surface area contributed by atoms with Crippen molar-refractivity contribution >= 4 is 11.9 Å². The molecule has 2 aromatic rings. The minimum atomic E-state index is -0.471. The van der Waals surface area contributed by atoms with Crippen LogP contribution in [0.1, 0.15) is 32.6 Å². The largest absolute Gasteiger partial charge is 0.452 e. The Morgan fingerprint density at radius 2 is 1.75 bits per heavy atom. The van der Waals surface area contributed by atoms with Gasteiger partial charge in [0.05, 0.1) is 5.56 Å². The van der Waals surface area contributed by atoms with Crippen LogP contribution < -0.4 is 5.32 Å². The fourth-order valence-corrected chi connectivity index (χ4v) is 2.53. The van der Waals surface area contributed by atoms with Gasteiger partial charge in [-0.2, -0.15) is 0 Å². The fraction of sp³-hybridized carbons (Fsp3) is 0.300. The monoisotopic (exact) mass is 325 g/mol. The highest BCUT2D eigenvalue weighted by molar-refractivity contribution is 5.92. The van der Waals surface area contributed by atoms with E-state index in [1.807, 2.05) is 57.2 Å². The van der Waals surface area contributed by atoms with E-state index in [9.17, 15) is 9.59 Å². The van der Waals surface area contributed by atoms with Crippen LogP contribution in [-0.4, -0.2) is 25.0 Å². The maximum absolute atomic E-state index is 12.0. The van der Waals surface area contributed by atoms with E-state index >= 15 is 0 Å². The minimum absolute atomic E-state index is 0.264. The average molecular weight is 325 g/mol. The van der Waals surface area contributed by atoms with Gasteiger partial charge in [0.1, 0.15) is 0 Å². The molecule has 0 atom stereocenters. The first-order chi connectivity index (χ1) is 11.5. The number of esters is 1. The molecule has 126 valence electrons. The van der Waals surface area contributed by atoms with Crippen molar-refractivity contribution in [2.24, 2.45) is 0 Å². The molecule has 2 rings (SSSR count). The van der Waals surface area contributed by atoms with Crippen molar-refractivity contribution in [3.8, 4) is 0 Å². The molecule has 0 saturated carbocycles. The van der Waals surface area contributed by atoms with Crippen molar-refractivity contribution in [1.82, 2.24) is 5.32 Å². The van der Waals surface area contributed by atoms with Gasteiger partial charge in [0, 0.05) is 6.54 Å². The molecule has 0 aliphatic rings. The molecule has 1 amide bonds. The summed E-state index contributed by atoms with van der Waals surface area (Å²) < 4.78 is 5.09. The molecule has 0 heterocycles. The summed E-state index contributed by atoms with van der Waals surface area (Å²) in [6, 6.07) is 13.6. The Morgan fingerprint density at radius 3 is 2.46 bits per heavy atom. The van der Waals surface area contributed by atoms with Crippen LogP contribution in [0.3, 0.4) is 0 Å². The summed E-state index contributed by atoms with van der Waals surface area (Å²) >= 11 is 0. The van der Waals surface area contributed by atoms with Gasteiger partial charge in [0.2, 0.25) is 0 Å². The zero-order valence-electron chi connectivity index (χ0n) is 14.4. The van der Waals surface area contributed by atoms with Gasteiger partial charge in [-0.05, 0) is 49.9 Å². The van der Waals surface area contributed by atoms with E-state index in [0.29, 0.717) is 12.1 Å². The lowest BCUT2D eigenvalue weighted by molar-refractivity contribution is -0.124. The van der Waals surface area contributed by atoms with Crippen LogP contribution in [0.15, 0.2) is 42.5 Å². The molecular formula is C20H23NO3. The molecule has 4 heteroatoms. The minimum Gasteiger partial charge on any atom is -0.452 e. The molecule has 0 bridgehead atoms. The van der Waals surface area contributed by atoms with Crippen LogP contribution in [0.25, 0.3) is 0 Å². The molecule has 0 aromatic heterocycles. The van der Waals surface area contributed by atoms with Crippen LogP contribution in [0.4, 0.5) is 0 Å². The van der Waals surface area contributed by atoms with E-state index in [-0.39, 0.29) is 12.5 Å². The predicted molar refractivity (Wildman–Crippen MR) is 94.1 cm³/mol. The van der Waals surface area contributed by atoms with E-state index in [4.69, 9.17) is 4.74 Å². The molecule has 0 radical (unpaired) electrons. The standard InChI is InChI=1S/C20H23NO3/c1-14-8-9-18(16(3)12-14)20(23)24-13-19(22)21-11-10-17-7-5-4-6-15(17)2/h4-9,12H,10-11,13H2,1-3H3,(H,21,22). The van der Waals surface area contributed by atoms with Crippen molar-refractivity contribution in [3.63, 3.8) is 0 Å². The molecule has 0 unspecified atom stereocenters. The fourth-order valence-electron chi connectivity index (χ4n) is 2.53. The third-order valence-corrected chi connectivity index (χ3v) is 3.91. The van der Waals surface area contributed by atoms with Crippen LogP contribution in [0.5, 0.6) is 0 Å². The molecule has 0 fully saturated rings. The highest BCUT2D eigenvalue weighted by atomic mass is 16.5. The summed E-state index contributed by atoms with van der Waals surface area (Å²) in [5.41, 5.74) is 4.82. The third kappa shape index (κ3) is 4.95. The highest BCUT2D eigenvalue weighted by Gasteiger charge is 2.12. The summed E-state index contributed by atoms with van der Waals surface area (Å²) in [5, 5.41) is 2.77. The molecule has 2 aromatic carbocycles. The summed E-state index contributed by atoms with van der Waals surface area (Å²) in [6.45, 7) is 6.11. The number of nitrogens with one attached hydrogen (secondary N) is 1. The Morgan fingerprint density at radius 1 is 1.00 bits per heavy atom. The first-order valence-electron chi connectivity index (χ1n) is 8.03. The third-order valence-electron chi connectivity index (χ3n) is 3.91. The van der Waals surface area contributed by atoms with Gasteiger partial charge in [0.25, 0.3) is 5.91 Å². The lowest BCUT2D eigenvalue weighted by Crippen LogP contribution is -2.30. The number of carbonyl (C=O) groups excluding carboxylic acids is 2. The molecule has 0 aliphatic carbocycles. The number of ether oxygens (including phenoxy) is 1. The smallest absolute Gasteiger partial charge is 0.338 e. The predicted octanol–water partition coefficient (Wildman–Crippen LogP) is 3.13. The SMILES string of the molecule is Cc1ccc(C(=O)OCC(=O)NCCc2ccccc2C)c(C)c1. The van der Waals surface area contributed by atoms with E-state index in [1.165, 1.54) is 11.1 Å². The Bertz CT molecular complexity index is 737. The number of benzene rings is 2. The lowest BCUT2D eigenvalue weighted by Gasteiger charge is -2.09. The molecule has 4 nitrogen and oxygen atoms in total. The molecule has 1 N–H and O–H groups in total. The number of carbonyl (C=O) groups is 2. The zero-order chi connectivity index (χ0) is 17.5. The van der Waals surface area contributed by atoms with Crippen LogP contribution in [0.2, 0.25) is 0 Å². The van der Waals surface area contributed by atoms with Gasteiger partial charge < -0.3 is 10.1 Å². The Hall–Kier alpha value is -2.62. The molecule has 0 aliphatic heterocycles. The molecule has 0 saturated heterocycles. The van der Waals surface area contributed by atoms with Crippen LogP contribution in [-0.2, 0) is 16.0 Å². The molecular weight excluding hydrogens is 302 g/mol. The van der Waals surface area contributed by atoms with Gasteiger partial charge in [-0.15, -0.1) is 0 Å². The van der Waals surface area contributed by atoms with Gasteiger partial charge in [0.15, 0.2) is 6.61 Å². The average Bonchev–Trinajstić information content (AvgIpc) is 2.54. The van der Waals surface area contributed by atoms with E-state index in [0.717, 1.165) is 17.5 Å². The van der Waals surface area contributed by atoms with Gasteiger partial charge in [-0.1, -0.05) is 42.0 Å². The Kier molecular flexibility index (Phi) is 6.13. The van der Waals surface area contributed by atoms with Crippen molar-refractivity contribution in [3.05, 3.63) is 70.3 Å². The number of amides is 1. The highest BCUT2D eigenvalue weighted by Crippen LogP contribution is 2.11. The van der Waals surface area contributed by atoms with E-state index in [1.54, 1.807) is 6.07 Å². The Labute approximate surface area is 142 Å². The second-order valence-electron chi connectivity index (χ2n) is 5.92. The maximum atomic E-state index is 12.0. The lowest BCUT2D eigenvalue weighted by atomic mass is 10.1. The van der Waals surface area contributed by atoms with Crippen molar-refractivity contribution in [1.29, 1.82) is 0 Å². The number of rotatable bonds is 6. The number of hydrogen-bond donors (Lipinski definition) is 1. The first-order valence-corrected chi connectivity index (χ1v) is 8.03. The Balaban J connectivity index is 1.77. The second kappa shape index (κ2) is 8.29. The summed E-state index contributed by atoms with van der Waals surface area (Å²) in [5.74, 6) is -0.761. The number of hydrogen-bond acceptors (Lipinski definition) is 3. The summed E-state index contributed by atoms with van der Waals surface area (Å²) in [4.78, 5) is 23.8. The van der Waals surface area contributed by atoms with Gasteiger partial charge in [-0.3, -0.25) is 4.79 Å². The van der Waals surface area contributed by atoms with Gasteiger partial charge >= 0.3 is 5.97 Å². The quantitative estimate of drug-likeness (QED) is 0.830. The van der Waals surface area contributed by atoms with Crippen molar-refractivity contribution in [2.45, 2.75) is 27.2 Å². The molecule has 24 heavy (non-hydrogen) atoms. The van der Waals surface area contributed by atoms with E-state index < -0.39 is 5.97 Å². The van der Waals surface area contributed by atoms with E-state index in [2.05, 4.69) is 5.32 Å². The van der Waals surface area contributed by atoms with Crippen LogP contribution in [0, 0.1) is 20.8 Å². The van der Waals surface area contributed by atoms with Gasteiger partial charge in [-0.25, -0.2) is 4.79 Å². The maximum Gasteiger partial charge on any atom is 0.338 e. The second-order valence-corrected chi connectivity index (χ2v) is 5.92. The first kappa shape index (κ1) is 17.7. The molecule has 0 spiro atoms. The number of aryl methyl sites for hydroxylation is 3. The summed E-state index contributed by atoms with van der Waals surface area (Å²) in [6.07, 6.45) is 0.753. The summed E-state index contributed by atoms with van der Waals surface area (Å²) in [7, 11) is 0. The normalized spacial score (nSPS) is 10.3.